The zero-order valence-electron chi connectivity index (χ0n) is 17.4. The molecule has 1 aliphatic rings. The number of hydrogen-bond acceptors (Lipinski definition) is 2. The average molecular weight is 414 g/mol. The zero-order chi connectivity index (χ0) is 21.7. The van der Waals surface area contributed by atoms with Crippen LogP contribution in [0.3, 0.4) is 0 Å². The molecule has 0 saturated heterocycles. The van der Waals surface area contributed by atoms with E-state index in [1.54, 1.807) is 38.1 Å². The Balaban J connectivity index is 1.41. The highest BCUT2D eigenvalue weighted by atomic mass is 19.1. The number of benzene rings is 2. The number of amides is 2. The van der Waals surface area contributed by atoms with Gasteiger partial charge in [0.2, 0.25) is 11.8 Å². The molecule has 1 saturated carbocycles. The lowest BCUT2D eigenvalue weighted by molar-refractivity contribution is -0.130. The third-order valence-corrected chi connectivity index (χ3v) is 5.85. The van der Waals surface area contributed by atoms with E-state index in [0.717, 1.165) is 11.1 Å². The summed E-state index contributed by atoms with van der Waals surface area (Å²) in [5, 5.41) is 5.85. The molecule has 0 heterocycles. The third-order valence-electron chi connectivity index (χ3n) is 5.85. The van der Waals surface area contributed by atoms with Crippen molar-refractivity contribution in [2.45, 2.75) is 52.6 Å². The molecule has 2 amide bonds. The Kier molecular flexibility index (Phi) is 7.19. The van der Waals surface area contributed by atoms with E-state index in [-0.39, 0.29) is 35.3 Å². The molecule has 2 aromatic carbocycles. The Bertz CT molecular complexity index is 846. The third kappa shape index (κ3) is 5.65. The normalized spacial score (nSPS) is 18.7. The quantitative estimate of drug-likeness (QED) is 0.740. The minimum absolute atomic E-state index is 0.0161. The number of carbonyl (C=O) groups excluding carboxylic acids is 2. The molecule has 160 valence electrons. The van der Waals surface area contributed by atoms with Crippen LogP contribution in [0.2, 0.25) is 0 Å². The van der Waals surface area contributed by atoms with E-state index < -0.39 is 0 Å². The molecule has 30 heavy (non-hydrogen) atoms. The van der Waals surface area contributed by atoms with Gasteiger partial charge in [0.05, 0.1) is 0 Å². The van der Waals surface area contributed by atoms with Gasteiger partial charge in [-0.25, -0.2) is 8.78 Å². The van der Waals surface area contributed by atoms with Crippen LogP contribution in [0.4, 0.5) is 8.78 Å². The van der Waals surface area contributed by atoms with Crippen molar-refractivity contribution < 1.29 is 18.4 Å². The summed E-state index contributed by atoms with van der Waals surface area (Å²) in [5.41, 5.74) is 2.85. The van der Waals surface area contributed by atoms with Crippen molar-refractivity contribution in [1.82, 2.24) is 10.6 Å². The first-order valence-electron chi connectivity index (χ1n) is 10.4. The molecule has 4 nitrogen and oxygen atoms in total. The van der Waals surface area contributed by atoms with E-state index in [1.807, 2.05) is 0 Å². The maximum absolute atomic E-state index is 13.3. The van der Waals surface area contributed by atoms with Crippen LogP contribution in [0.25, 0.3) is 0 Å². The molecule has 0 atom stereocenters. The molecule has 0 unspecified atom stereocenters. The van der Waals surface area contributed by atoms with Crippen molar-refractivity contribution in [3.63, 3.8) is 0 Å². The number of halogens is 2. The van der Waals surface area contributed by atoms with Crippen molar-refractivity contribution >= 4 is 11.8 Å². The lowest BCUT2D eigenvalue weighted by atomic mass is 9.81. The van der Waals surface area contributed by atoms with Gasteiger partial charge in [0.1, 0.15) is 11.6 Å². The highest BCUT2D eigenvalue weighted by Gasteiger charge is 2.29. The van der Waals surface area contributed by atoms with Crippen molar-refractivity contribution in [2.75, 3.05) is 0 Å². The average Bonchev–Trinajstić information content (AvgIpc) is 2.75. The molecule has 0 spiro atoms. The summed E-state index contributed by atoms with van der Waals surface area (Å²) in [5.74, 6) is -0.742. The summed E-state index contributed by atoms with van der Waals surface area (Å²) in [6, 6.07) is 9.64. The van der Waals surface area contributed by atoms with Crippen LogP contribution in [0.15, 0.2) is 36.4 Å². The van der Waals surface area contributed by atoms with E-state index in [2.05, 4.69) is 10.6 Å². The Hall–Kier alpha value is -2.76. The van der Waals surface area contributed by atoms with Crippen molar-refractivity contribution in [2.24, 2.45) is 11.8 Å². The van der Waals surface area contributed by atoms with Gasteiger partial charge in [-0.05, 0) is 73.9 Å². The minimum atomic E-state index is -0.253. The van der Waals surface area contributed by atoms with E-state index in [1.165, 1.54) is 12.1 Å². The van der Waals surface area contributed by atoms with Crippen molar-refractivity contribution in [3.8, 4) is 0 Å². The number of aryl methyl sites for hydroxylation is 2. The van der Waals surface area contributed by atoms with Gasteiger partial charge >= 0.3 is 0 Å². The molecular weight excluding hydrogens is 386 g/mol. The van der Waals surface area contributed by atoms with Crippen LogP contribution in [0, 0.1) is 37.3 Å². The molecule has 0 aliphatic heterocycles. The first-order valence-corrected chi connectivity index (χ1v) is 10.4. The van der Waals surface area contributed by atoms with Crippen LogP contribution in [-0.4, -0.2) is 11.8 Å². The predicted octanol–water partition coefficient (Wildman–Crippen LogP) is 4.32. The molecule has 3 rings (SSSR count). The van der Waals surface area contributed by atoms with Gasteiger partial charge in [0.25, 0.3) is 0 Å². The number of nitrogens with one attached hydrogen (secondary N) is 2. The molecule has 6 heteroatoms. The second-order valence-corrected chi connectivity index (χ2v) is 8.15. The van der Waals surface area contributed by atoms with Gasteiger partial charge in [-0.2, -0.15) is 0 Å². The maximum atomic E-state index is 13.3. The van der Waals surface area contributed by atoms with Crippen LogP contribution in [-0.2, 0) is 22.7 Å². The summed E-state index contributed by atoms with van der Waals surface area (Å²) in [6.45, 7) is 4.14. The van der Waals surface area contributed by atoms with Gasteiger partial charge in [0, 0.05) is 24.9 Å². The molecule has 2 aromatic rings. The summed E-state index contributed by atoms with van der Waals surface area (Å²) in [6.07, 6.45) is 2.67. The monoisotopic (exact) mass is 414 g/mol. The molecule has 1 aliphatic carbocycles. The number of hydrogen-bond donors (Lipinski definition) is 2. The maximum Gasteiger partial charge on any atom is 0.223 e. The lowest BCUT2D eigenvalue weighted by Crippen LogP contribution is -2.37. The minimum Gasteiger partial charge on any atom is -0.352 e. The van der Waals surface area contributed by atoms with Gasteiger partial charge < -0.3 is 10.6 Å². The van der Waals surface area contributed by atoms with Crippen LogP contribution in [0.5, 0.6) is 0 Å². The Morgan fingerprint density at radius 2 is 1.13 bits per heavy atom. The standard InChI is InChI=1S/C24H28F2N2O2/c1-15-11-17(3-9-21(15)25)13-27-23(29)19-5-7-20(8-6-19)24(30)28-14-18-4-10-22(26)16(2)12-18/h3-4,9-12,19-20H,5-8,13-14H2,1-2H3,(H,27,29)(H,28,30). The second kappa shape index (κ2) is 9.83. The summed E-state index contributed by atoms with van der Waals surface area (Å²) >= 11 is 0. The van der Waals surface area contributed by atoms with Crippen molar-refractivity contribution in [3.05, 3.63) is 70.3 Å². The number of carbonyl (C=O) groups is 2. The highest BCUT2D eigenvalue weighted by Crippen LogP contribution is 2.29. The lowest BCUT2D eigenvalue weighted by Gasteiger charge is -2.27. The molecule has 0 bridgehead atoms. The van der Waals surface area contributed by atoms with E-state index in [0.29, 0.717) is 49.9 Å². The molecule has 1 fully saturated rings. The predicted molar refractivity (Wildman–Crippen MR) is 111 cm³/mol. The highest BCUT2D eigenvalue weighted by molar-refractivity contribution is 5.81. The second-order valence-electron chi connectivity index (χ2n) is 8.15. The largest absolute Gasteiger partial charge is 0.352 e. The topological polar surface area (TPSA) is 58.2 Å². The summed E-state index contributed by atoms with van der Waals surface area (Å²) < 4.78 is 26.7. The number of rotatable bonds is 6. The fourth-order valence-corrected chi connectivity index (χ4v) is 3.92. The fraction of sp³-hybridized carbons (Fsp3) is 0.417. The smallest absolute Gasteiger partial charge is 0.223 e. The van der Waals surface area contributed by atoms with Gasteiger partial charge in [-0.3, -0.25) is 9.59 Å². The van der Waals surface area contributed by atoms with Crippen molar-refractivity contribution in [1.29, 1.82) is 0 Å². The Morgan fingerprint density at radius 1 is 0.767 bits per heavy atom. The van der Waals surface area contributed by atoms with Crippen LogP contribution >= 0.6 is 0 Å². The summed E-state index contributed by atoms with van der Waals surface area (Å²) in [4.78, 5) is 24.9. The van der Waals surface area contributed by atoms with Crippen LogP contribution < -0.4 is 10.6 Å². The van der Waals surface area contributed by atoms with Gasteiger partial charge in [-0.15, -0.1) is 0 Å². The van der Waals surface area contributed by atoms with Gasteiger partial charge in [-0.1, -0.05) is 24.3 Å². The first-order chi connectivity index (χ1) is 14.3. The van der Waals surface area contributed by atoms with Gasteiger partial charge in [0.15, 0.2) is 0 Å². The SMILES string of the molecule is Cc1cc(CNC(=O)C2CCC(C(=O)NCc3ccc(F)c(C)c3)CC2)ccc1F. The fourth-order valence-electron chi connectivity index (χ4n) is 3.92. The van der Waals surface area contributed by atoms with E-state index >= 15 is 0 Å². The molecule has 0 radical (unpaired) electrons. The molecule has 2 N–H and O–H groups in total. The van der Waals surface area contributed by atoms with E-state index in [9.17, 15) is 18.4 Å². The summed E-state index contributed by atoms with van der Waals surface area (Å²) in [7, 11) is 0. The van der Waals surface area contributed by atoms with E-state index in [4.69, 9.17) is 0 Å². The first kappa shape index (κ1) is 21.9. The Morgan fingerprint density at radius 3 is 1.47 bits per heavy atom. The molecular formula is C24H28F2N2O2. The molecule has 0 aromatic heterocycles. The van der Waals surface area contributed by atoms with Crippen LogP contribution in [0.1, 0.15) is 47.9 Å². The zero-order valence-corrected chi connectivity index (χ0v) is 17.4. The Labute approximate surface area is 176 Å².